The zero-order valence-corrected chi connectivity index (χ0v) is 54.6. The average molecular weight is 1200 g/mol. The molecule has 91 heavy (non-hydrogen) atoms. The van der Waals surface area contributed by atoms with Crippen LogP contribution in [0.4, 0.5) is 34.1 Å². The first kappa shape index (κ1) is 42.6. The lowest BCUT2D eigenvalue weighted by atomic mass is 9.33. The van der Waals surface area contributed by atoms with E-state index in [0.29, 0.717) is 22.7 Å². The summed E-state index contributed by atoms with van der Waals surface area (Å²) in [6.45, 7) is 32.1. The molecule has 0 bridgehead atoms. The van der Waals surface area contributed by atoms with Crippen molar-refractivity contribution in [3.8, 4) is 33.6 Å². The van der Waals surface area contributed by atoms with Crippen LogP contribution < -0.4 is 26.2 Å². The Balaban J connectivity index is 1.14. The summed E-state index contributed by atoms with van der Waals surface area (Å²) >= 11 is 0. The lowest BCUT2D eigenvalue weighted by Gasteiger charge is -2.46. The van der Waals surface area contributed by atoms with Gasteiger partial charge in [-0.2, -0.15) is 0 Å². The Labute approximate surface area is 562 Å². The highest BCUT2D eigenvalue weighted by molar-refractivity contribution is 7.00. The molecular weight excluding hydrogens is 1100 g/mol. The van der Waals surface area contributed by atoms with E-state index >= 15 is 0 Å². The number of fused-ring (bicyclic) bond motifs is 10. The summed E-state index contributed by atoms with van der Waals surface area (Å²) in [5, 5.41) is -0.212. The highest BCUT2D eigenvalue weighted by atomic mass is 15.2. The summed E-state index contributed by atoms with van der Waals surface area (Å²) < 4.78 is 152. The van der Waals surface area contributed by atoms with Gasteiger partial charge in [0.25, 0.3) is 6.71 Å². The van der Waals surface area contributed by atoms with Gasteiger partial charge in [-0.1, -0.05) is 249 Å². The Bertz CT molecular complexity index is 5550. The van der Waals surface area contributed by atoms with Crippen LogP contribution in [-0.2, 0) is 27.1 Å². The molecule has 0 unspecified atom stereocenters. The molecule has 4 nitrogen and oxygen atoms in total. The normalized spacial score (nSPS) is 16.1. The molecule has 5 heteroatoms. The SMILES string of the molecule is [2H]c1c([2H])c([2H])c2c(c1[2H])c1c([2H])c([2H])c([2H])c([2H])c1n2-c1ccc2c(c1)N(c1ccc(C(C)(C)C)cc1-c1ccc(C(C)(C)C)cc1)c1cc(C(C)(C)C)cc3c1B2c1ccc(-n2c4c([2H])c([2H])c([2H])c([2H])c4c4c([2H])c([2H])c([2H])c([2H])c42)cc1N3c1ccc(C(C)(C)C)cc1-c1ccc(C(C)(C)C)cc1. The van der Waals surface area contributed by atoms with Gasteiger partial charge in [-0.3, -0.25) is 0 Å². The lowest BCUT2D eigenvalue weighted by Crippen LogP contribution is -2.61. The smallest absolute Gasteiger partial charge is 0.252 e. The quantitative estimate of drug-likeness (QED) is 0.154. The number of nitrogens with zero attached hydrogens (tertiary/aromatic N) is 4. The molecule has 4 heterocycles. The van der Waals surface area contributed by atoms with Gasteiger partial charge >= 0.3 is 0 Å². The van der Waals surface area contributed by atoms with E-state index in [0.717, 1.165) is 89.2 Å². The van der Waals surface area contributed by atoms with Gasteiger partial charge in [0, 0.05) is 66.8 Å². The molecule has 2 aliphatic rings. The first-order valence-corrected chi connectivity index (χ1v) is 31.5. The van der Waals surface area contributed by atoms with E-state index in [2.05, 4.69) is 211 Å². The van der Waals surface area contributed by atoms with Crippen LogP contribution in [0.5, 0.6) is 0 Å². The third-order valence-corrected chi connectivity index (χ3v) is 18.8. The molecule has 0 saturated carbocycles. The van der Waals surface area contributed by atoms with Crippen LogP contribution in [0.2, 0.25) is 0 Å². The van der Waals surface area contributed by atoms with Crippen molar-refractivity contribution in [3.05, 3.63) is 258 Å². The predicted molar refractivity (Wildman–Crippen MR) is 394 cm³/mol. The summed E-state index contributed by atoms with van der Waals surface area (Å²) in [7, 11) is 0. The number of hydrogen-bond acceptors (Lipinski definition) is 2. The number of rotatable bonds is 6. The second-order valence-electron chi connectivity index (χ2n) is 30.0. The molecule has 13 aromatic rings. The maximum absolute atomic E-state index is 9.72. The Hall–Kier alpha value is -9.32. The van der Waals surface area contributed by atoms with Crippen LogP contribution >= 0.6 is 0 Å². The fourth-order valence-corrected chi connectivity index (χ4v) is 13.7. The highest BCUT2D eigenvalue weighted by Crippen LogP contribution is 2.52. The van der Waals surface area contributed by atoms with Crippen LogP contribution in [0.3, 0.4) is 0 Å². The molecule has 0 N–H and O–H groups in total. The van der Waals surface area contributed by atoms with Crippen molar-refractivity contribution in [2.75, 3.05) is 9.80 Å². The third-order valence-electron chi connectivity index (χ3n) is 18.8. The minimum Gasteiger partial charge on any atom is -0.311 e. The molecule has 450 valence electrons. The molecule has 0 radical (unpaired) electrons. The number of aromatic nitrogens is 2. The Kier molecular flexibility index (Phi) is 9.65. The Morgan fingerprint density at radius 1 is 0.286 bits per heavy atom. The molecule has 0 aliphatic carbocycles. The molecule has 2 aliphatic heterocycles. The molecule has 15 rings (SSSR count). The fourth-order valence-electron chi connectivity index (χ4n) is 13.7. The number of para-hydroxylation sites is 4. The van der Waals surface area contributed by atoms with E-state index < -0.39 is 109 Å². The van der Waals surface area contributed by atoms with Crippen LogP contribution in [-0.4, -0.2) is 15.8 Å². The summed E-state index contributed by atoms with van der Waals surface area (Å²) in [6, 6.07) is 39.0. The van der Waals surface area contributed by atoms with Crippen molar-refractivity contribution >= 4 is 101 Å². The fraction of sp³-hybridized carbons (Fsp3) is 0.233. The number of benzene rings is 11. The van der Waals surface area contributed by atoms with Gasteiger partial charge < -0.3 is 18.9 Å². The van der Waals surface area contributed by atoms with Gasteiger partial charge in [0.15, 0.2) is 0 Å². The van der Waals surface area contributed by atoms with Gasteiger partial charge in [-0.15, -0.1) is 0 Å². The van der Waals surface area contributed by atoms with Crippen molar-refractivity contribution in [2.45, 2.75) is 131 Å². The average Bonchev–Trinajstić information content (AvgIpc) is 1.12. The maximum Gasteiger partial charge on any atom is 0.252 e. The first-order chi connectivity index (χ1) is 49.9. The van der Waals surface area contributed by atoms with E-state index in [1.165, 1.54) is 0 Å². The van der Waals surface area contributed by atoms with Crippen LogP contribution in [0.15, 0.2) is 230 Å². The summed E-state index contributed by atoms with van der Waals surface area (Å²) in [6.07, 6.45) is 0. The molecule has 0 atom stereocenters. The topological polar surface area (TPSA) is 16.3 Å². The Morgan fingerprint density at radius 2 is 0.593 bits per heavy atom. The molecule has 11 aromatic carbocycles. The molecule has 0 spiro atoms. The summed E-state index contributed by atoms with van der Waals surface area (Å²) in [5.74, 6) is 0. The Morgan fingerprint density at radius 3 is 0.912 bits per heavy atom. The standard InChI is InChI=1S/C86H83BN4/c1-82(2,3)56-36-32-54(33-37-56)67-48-58(84(7,8)9)40-46-75(67)90-77-52-61(88-71-28-20-16-24-63(71)64-25-17-21-29-72(64)88)42-44-69(77)87-70-45-43-62(89-73-30-22-18-26-65(73)66-27-19-23-31-74(66)89)53-78(70)91(80-51-60(86(13,14)15)50-79(90)81(80)87)76-47-41-59(85(10,11)12)49-68(76)55-34-38-57(39-35-55)83(4,5)6/h16-53H,1-15H3/i16D,17D,18D,19D,20D,21D,22D,23D,24D,25D,26D,27D,28D,29D,30D,31D. The van der Waals surface area contributed by atoms with Gasteiger partial charge in [0.2, 0.25) is 0 Å². The maximum atomic E-state index is 9.72. The van der Waals surface area contributed by atoms with Crippen LogP contribution in [0, 0.1) is 0 Å². The van der Waals surface area contributed by atoms with Gasteiger partial charge in [0.1, 0.15) is 0 Å². The zero-order chi connectivity index (χ0) is 77.3. The highest BCUT2D eigenvalue weighted by Gasteiger charge is 2.46. The molecule has 0 fully saturated rings. The van der Waals surface area contributed by atoms with Gasteiger partial charge in [-0.05, 0) is 167 Å². The van der Waals surface area contributed by atoms with E-state index in [1.807, 2.05) is 36.4 Å². The summed E-state index contributed by atoms with van der Waals surface area (Å²) in [5.41, 5.74) is 15.0. The van der Waals surface area contributed by atoms with E-state index in [1.54, 1.807) is 9.13 Å². The molecule has 0 saturated heterocycles. The number of hydrogen-bond donors (Lipinski definition) is 0. The van der Waals surface area contributed by atoms with E-state index in [-0.39, 0.29) is 65.3 Å². The molecule has 2 aromatic heterocycles. The van der Waals surface area contributed by atoms with Crippen molar-refractivity contribution in [2.24, 2.45) is 0 Å². The van der Waals surface area contributed by atoms with Crippen molar-refractivity contribution in [3.63, 3.8) is 0 Å². The second kappa shape index (κ2) is 20.6. The third kappa shape index (κ3) is 9.55. The molecular formula is C86H83BN4. The van der Waals surface area contributed by atoms with E-state index in [4.69, 9.17) is 11.0 Å². The minimum absolute atomic E-state index is 0.0283. The predicted octanol–water partition coefficient (Wildman–Crippen LogP) is 21.8. The number of anilines is 6. The minimum atomic E-state index is -0.679. The zero-order valence-electron chi connectivity index (χ0n) is 70.6. The second-order valence-corrected chi connectivity index (χ2v) is 30.0. The van der Waals surface area contributed by atoms with Crippen molar-refractivity contribution in [1.82, 2.24) is 9.13 Å². The summed E-state index contributed by atoms with van der Waals surface area (Å²) in [4.78, 5) is 4.60. The van der Waals surface area contributed by atoms with Crippen LogP contribution in [0.1, 0.15) is 154 Å². The largest absolute Gasteiger partial charge is 0.311 e. The lowest BCUT2D eigenvalue weighted by molar-refractivity contribution is 0.589. The first-order valence-electron chi connectivity index (χ1n) is 39.5. The van der Waals surface area contributed by atoms with E-state index in [9.17, 15) is 11.0 Å². The molecule has 0 amide bonds. The van der Waals surface area contributed by atoms with Crippen LogP contribution in [0.25, 0.3) is 77.2 Å². The monoisotopic (exact) mass is 1200 g/mol. The van der Waals surface area contributed by atoms with Crippen molar-refractivity contribution in [1.29, 1.82) is 0 Å². The van der Waals surface area contributed by atoms with Gasteiger partial charge in [0.05, 0.1) is 55.4 Å². The van der Waals surface area contributed by atoms with Gasteiger partial charge in [-0.25, -0.2) is 0 Å². The van der Waals surface area contributed by atoms with Crippen molar-refractivity contribution < 1.29 is 21.9 Å².